The average molecular weight is 366 g/mol. The summed E-state index contributed by atoms with van der Waals surface area (Å²) in [6.45, 7) is 2.36. The predicted octanol–water partition coefficient (Wildman–Crippen LogP) is 4.94. The lowest BCUT2D eigenvalue weighted by atomic mass is 9.68. The van der Waals surface area contributed by atoms with Crippen LogP contribution in [0, 0.1) is 17.1 Å². The van der Waals surface area contributed by atoms with E-state index in [1.54, 1.807) is 36.4 Å². The molecular weight excluding hydrogens is 343 g/mol. The summed E-state index contributed by atoms with van der Waals surface area (Å²) in [6, 6.07) is 13.6. The molecule has 0 bridgehead atoms. The molecule has 1 N–H and O–H groups in total. The lowest BCUT2D eigenvalue weighted by molar-refractivity contribution is -0.122. The van der Waals surface area contributed by atoms with Crippen LogP contribution < -0.4 is 10.1 Å². The number of ether oxygens (including phenoxy) is 1. The molecule has 1 aliphatic rings. The molecular formula is C22H23FN2O2. The zero-order chi connectivity index (χ0) is 19.3. The highest BCUT2D eigenvalue weighted by Crippen LogP contribution is 2.41. The van der Waals surface area contributed by atoms with Crippen LogP contribution in [0.25, 0.3) is 0 Å². The second-order valence-corrected chi connectivity index (χ2v) is 6.83. The molecule has 0 unspecified atom stereocenters. The highest BCUT2D eigenvalue weighted by Gasteiger charge is 2.43. The SMILES string of the molecule is CCOc1ccc(NC(=O)C2(c3ccccc3F)CCCCC2)c(C#N)c1. The summed E-state index contributed by atoms with van der Waals surface area (Å²) < 4.78 is 20.0. The van der Waals surface area contributed by atoms with Crippen LogP contribution >= 0.6 is 0 Å². The maximum atomic E-state index is 14.6. The van der Waals surface area contributed by atoms with Gasteiger partial charge >= 0.3 is 0 Å². The quantitative estimate of drug-likeness (QED) is 0.815. The molecule has 1 fully saturated rings. The number of nitrogens with zero attached hydrogens (tertiary/aromatic N) is 1. The number of hydrogen-bond donors (Lipinski definition) is 1. The van der Waals surface area contributed by atoms with E-state index in [9.17, 15) is 14.4 Å². The van der Waals surface area contributed by atoms with Crippen molar-refractivity contribution in [1.29, 1.82) is 5.26 Å². The molecule has 27 heavy (non-hydrogen) atoms. The van der Waals surface area contributed by atoms with E-state index >= 15 is 0 Å². The van der Waals surface area contributed by atoms with E-state index in [4.69, 9.17) is 4.74 Å². The zero-order valence-electron chi connectivity index (χ0n) is 15.4. The Kier molecular flexibility index (Phi) is 5.75. The smallest absolute Gasteiger partial charge is 0.235 e. The van der Waals surface area contributed by atoms with Gasteiger partial charge in [0.2, 0.25) is 5.91 Å². The maximum absolute atomic E-state index is 14.6. The highest BCUT2D eigenvalue weighted by molar-refractivity contribution is 6.00. The number of halogens is 1. The number of carbonyl (C=O) groups excluding carboxylic acids is 1. The molecule has 0 radical (unpaired) electrons. The van der Waals surface area contributed by atoms with Gasteiger partial charge in [-0.15, -0.1) is 0 Å². The fourth-order valence-electron chi connectivity index (χ4n) is 3.85. The van der Waals surface area contributed by atoms with E-state index in [0.717, 1.165) is 19.3 Å². The Hall–Kier alpha value is -2.87. The molecule has 2 aromatic rings. The summed E-state index contributed by atoms with van der Waals surface area (Å²) in [5.74, 6) is -0.0387. The molecule has 1 saturated carbocycles. The first-order chi connectivity index (χ1) is 13.1. The number of carbonyl (C=O) groups is 1. The van der Waals surface area contributed by atoms with Crippen LogP contribution in [-0.4, -0.2) is 12.5 Å². The number of nitriles is 1. The van der Waals surface area contributed by atoms with Crippen molar-refractivity contribution in [2.75, 3.05) is 11.9 Å². The molecule has 0 aliphatic heterocycles. The standard InChI is InChI=1S/C22H23FN2O2/c1-2-27-17-10-11-20(16(14-17)15-24)25-21(26)22(12-6-3-7-13-22)18-8-4-5-9-19(18)23/h4-5,8-11,14H,2-3,6-7,12-13H2,1H3,(H,25,26). The second-order valence-electron chi connectivity index (χ2n) is 6.83. The summed E-state index contributed by atoms with van der Waals surface area (Å²) in [5, 5.41) is 12.3. The van der Waals surface area contributed by atoms with Crippen LogP contribution in [0.3, 0.4) is 0 Å². The molecule has 5 heteroatoms. The van der Waals surface area contributed by atoms with E-state index in [1.165, 1.54) is 6.07 Å². The summed E-state index contributed by atoms with van der Waals surface area (Å²) in [5.41, 5.74) is 0.280. The van der Waals surface area contributed by atoms with Gasteiger partial charge in [-0.2, -0.15) is 5.26 Å². The Morgan fingerprint density at radius 1 is 1.22 bits per heavy atom. The molecule has 0 heterocycles. The van der Waals surface area contributed by atoms with Crippen LogP contribution in [0.15, 0.2) is 42.5 Å². The van der Waals surface area contributed by atoms with Gasteiger partial charge in [-0.25, -0.2) is 4.39 Å². The third kappa shape index (κ3) is 3.80. The van der Waals surface area contributed by atoms with E-state index in [2.05, 4.69) is 11.4 Å². The molecule has 0 aromatic heterocycles. The average Bonchev–Trinajstić information content (AvgIpc) is 2.70. The van der Waals surface area contributed by atoms with E-state index in [1.807, 2.05) is 6.92 Å². The van der Waals surface area contributed by atoms with Crippen molar-refractivity contribution < 1.29 is 13.9 Å². The fourth-order valence-corrected chi connectivity index (χ4v) is 3.85. The molecule has 140 valence electrons. The van der Waals surface area contributed by atoms with Gasteiger partial charge in [0.1, 0.15) is 17.6 Å². The van der Waals surface area contributed by atoms with Crippen molar-refractivity contribution in [2.45, 2.75) is 44.4 Å². The van der Waals surface area contributed by atoms with Crippen molar-refractivity contribution in [3.63, 3.8) is 0 Å². The molecule has 3 rings (SSSR count). The van der Waals surface area contributed by atoms with Crippen molar-refractivity contribution in [3.05, 3.63) is 59.4 Å². The molecule has 4 nitrogen and oxygen atoms in total. The number of nitrogens with one attached hydrogen (secondary N) is 1. The maximum Gasteiger partial charge on any atom is 0.235 e. The van der Waals surface area contributed by atoms with Gasteiger partial charge in [0.25, 0.3) is 0 Å². The first-order valence-corrected chi connectivity index (χ1v) is 9.34. The number of hydrogen-bond acceptors (Lipinski definition) is 3. The van der Waals surface area contributed by atoms with Crippen LogP contribution in [0.2, 0.25) is 0 Å². The van der Waals surface area contributed by atoms with E-state index < -0.39 is 5.41 Å². The van der Waals surface area contributed by atoms with Gasteiger partial charge in [0, 0.05) is 5.56 Å². The first-order valence-electron chi connectivity index (χ1n) is 9.34. The predicted molar refractivity (Wildman–Crippen MR) is 102 cm³/mol. The van der Waals surface area contributed by atoms with Crippen molar-refractivity contribution in [1.82, 2.24) is 0 Å². The molecule has 0 saturated heterocycles. The summed E-state index contributed by atoms with van der Waals surface area (Å²) in [6.07, 6.45) is 3.97. The number of amides is 1. The lowest BCUT2D eigenvalue weighted by Crippen LogP contribution is -2.42. The highest BCUT2D eigenvalue weighted by atomic mass is 19.1. The number of benzene rings is 2. The Labute approximate surface area is 159 Å². The summed E-state index contributed by atoms with van der Waals surface area (Å²) >= 11 is 0. The zero-order valence-corrected chi connectivity index (χ0v) is 15.4. The fraction of sp³-hybridized carbons (Fsp3) is 0.364. The van der Waals surface area contributed by atoms with E-state index in [-0.39, 0.29) is 11.7 Å². The van der Waals surface area contributed by atoms with Gasteiger partial charge in [0.15, 0.2) is 0 Å². The summed E-state index contributed by atoms with van der Waals surface area (Å²) in [4.78, 5) is 13.3. The number of rotatable bonds is 5. The Bertz CT molecular complexity index is 867. The molecule has 1 amide bonds. The largest absolute Gasteiger partial charge is 0.494 e. The second kappa shape index (κ2) is 8.22. The van der Waals surface area contributed by atoms with Crippen molar-refractivity contribution in [2.24, 2.45) is 0 Å². The van der Waals surface area contributed by atoms with Gasteiger partial charge in [-0.1, -0.05) is 37.5 Å². The minimum absolute atomic E-state index is 0.257. The molecule has 1 aliphatic carbocycles. The molecule has 0 atom stereocenters. The molecule has 0 spiro atoms. The third-order valence-electron chi connectivity index (χ3n) is 5.20. The van der Waals surface area contributed by atoms with Crippen LogP contribution in [0.4, 0.5) is 10.1 Å². The minimum Gasteiger partial charge on any atom is -0.494 e. The number of anilines is 1. The monoisotopic (exact) mass is 366 g/mol. The van der Waals surface area contributed by atoms with Crippen LogP contribution in [0.5, 0.6) is 5.75 Å². The Balaban J connectivity index is 1.95. The van der Waals surface area contributed by atoms with Crippen molar-refractivity contribution in [3.8, 4) is 11.8 Å². The molecule has 2 aromatic carbocycles. The topological polar surface area (TPSA) is 62.1 Å². The Morgan fingerprint density at radius 3 is 2.63 bits per heavy atom. The van der Waals surface area contributed by atoms with Gasteiger partial charge < -0.3 is 10.1 Å². The van der Waals surface area contributed by atoms with Crippen molar-refractivity contribution >= 4 is 11.6 Å². The lowest BCUT2D eigenvalue weighted by Gasteiger charge is -2.36. The van der Waals surface area contributed by atoms with Crippen LogP contribution in [0.1, 0.15) is 50.2 Å². The summed E-state index contributed by atoms with van der Waals surface area (Å²) in [7, 11) is 0. The van der Waals surface area contributed by atoms with Gasteiger partial charge in [-0.05, 0) is 44.0 Å². The normalized spacial score (nSPS) is 15.6. The van der Waals surface area contributed by atoms with Crippen LogP contribution in [-0.2, 0) is 10.2 Å². The minimum atomic E-state index is -0.908. The van der Waals surface area contributed by atoms with Gasteiger partial charge in [-0.3, -0.25) is 4.79 Å². The van der Waals surface area contributed by atoms with Gasteiger partial charge in [0.05, 0.1) is 23.3 Å². The Morgan fingerprint density at radius 2 is 1.96 bits per heavy atom. The first kappa shape index (κ1) is 18.9. The third-order valence-corrected chi connectivity index (χ3v) is 5.20. The van der Waals surface area contributed by atoms with E-state index in [0.29, 0.717) is 42.0 Å².